The molecule has 18 heavy (non-hydrogen) atoms. The van der Waals surface area contributed by atoms with Crippen molar-refractivity contribution in [2.45, 2.75) is 25.9 Å². The van der Waals surface area contributed by atoms with Gasteiger partial charge in [0.05, 0.1) is 6.04 Å². The largest absolute Gasteiger partial charge is 0.337 e. The van der Waals surface area contributed by atoms with Crippen LogP contribution in [0.2, 0.25) is 0 Å². The van der Waals surface area contributed by atoms with Gasteiger partial charge in [-0.1, -0.05) is 34.1 Å². The van der Waals surface area contributed by atoms with Gasteiger partial charge >= 0.3 is 0 Å². The molecule has 0 fully saturated rings. The molecule has 0 radical (unpaired) electrons. The Morgan fingerprint density at radius 2 is 1.94 bits per heavy atom. The van der Waals surface area contributed by atoms with Gasteiger partial charge in [0, 0.05) is 30.0 Å². The molecule has 1 N–H and O–H groups in total. The molecule has 2 atom stereocenters. The van der Waals surface area contributed by atoms with Gasteiger partial charge in [-0.3, -0.25) is 0 Å². The van der Waals surface area contributed by atoms with Gasteiger partial charge in [-0.25, -0.2) is 4.98 Å². The van der Waals surface area contributed by atoms with E-state index in [1.165, 1.54) is 5.56 Å². The highest BCUT2D eigenvalue weighted by Crippen LogP contribution is 2.24. The number of aryl methyl sites for hydroxylation is 1. The molecular formula is C14H18BrN3. The Labute approximate surface area is 116 Å². The smallest absolute Gasteiger partial charge is 0.125 e. The van der Waals surface area contributed by atoms with Crippen LogP contribution in [0.3, 0.4) is 0 Å². The fourth-order valence-electron chi connectivity index (χ4n) is 2.16. The van der Waals surface area contributed by atoms with Crippen molar-refractivity contribution in [2.75, 3.05) is 0 Å². The van der Waals surface area contributed by atoms with Crippen LogP contribution in [0.5, 0.6) is 0 Å². The van der Waals surface area contributed by atoms with Crippen molar-refractivity contribution in [1.29, 1.82) is 0 Å². The summed E-state index contributed by atoms with van der Waals surface area (Å²) in [4.78, 5) is 4.37. The minimum atomic E-state index is 0.215. The molecule has 0 aliphatic heterocycles. The van der Waals surface area contributed by atoms with Crippen LogP contribution in [0, 0.1) is 0 Å². The van der Waals surface area contributed by atoms with Gasteiger partial charge in [-0.15, -0.1) is 0 Å². The van der Waals surface area contributed by atoms with Crippen LogP contribution in [-0.2, 0) is 7.05 Å². The number of nitrogens with zero attached hydrogens (tertiary/aromatic N) is 2. The molecular weight excluding hydrogens is 290 g/mol. The molecule has 1 heterocycles. The summed E-state index contributed by atoms with van der Waals surface area (Å²) in [6.45, 7) is 4.30. The number of halogens is 1. The van der Waals surface area contributed by atoms with E-state index in [1.54, 1.807) is 0 Å². The molecule has 0 amide bonds. The first kappa shape index (κ1) is 13.3. The lowest BCUT2D eigenvalue weighted by Crippen LogP contribution is -2.24. The lowest BCUT2D eigenvalue weighted by Gasteiger charge is -2.21. The first-order chi connectivity index (χ1) is 8.59. The maximum atomic E-state index is 4.37. The van der Waals surface area contributed by atoms with Crippen molar-refractivity contribution in [1.82, 2.24) is 14.9 Å². The first-order valence-corrected chi connectivity index (χ1v) is 6.86. The van der Waals surface area contributed by atoms with E-state index in [2.05, 4.69) is 58.3 Å². The number of aromatic nitrogens is 2. The summed E-state index contributed by atoms with van der Waals surface area (Å²) >= 11 is 3.59. The Morgan fingerprint density at radius 1 is 1.22 bits per heavy atom. The highest BCUT2D eigenvalue weighted by molar-refractivity contribution is 9.10. The third-order valence-electron chi connectivity index (χ3n) is 3.12. The summed E-state index contributed by atoms with van der Waals surface area (Å²) in [5.41, 5.74) is 1.26. The number of imidazole rings is 1. The number of nitrogens with one attached hydrogen (secondary N) is 1. The third kappa shape index (κ3) is 2.82. The van der Waals surface area contributed by atoms with Gasteiger partial charge in [0.2, 0.25) is 0 Å². The van der Waals surface area contributed by atoms with E-state index >= 15 is 0 Å². The molecule has 1 aromatic carbocycles. The predicted octanol–water partition coefficient (Wildman–Crippen LogP) is 3.59. The van der Waals surface area contributed by atoms with Crippen molar-refractivity contribution < 1.29 is 0 Å². The fraction of sp³-hybridized carbons (Fsp3) is 0.357. The Balaban J connectivity index is 2.11. The molecule has 0 spiro atoms. The lowest BCUT2D eigenvalue weighted by atomic mass is 10.1. The van der Waals surface area contributed by atoms with Crippen LogP contribution in [0.25, 0.3) is 0 Å². The van der Waals surface area contributed by atoms with Gasteiger partial charge in [0.25, 0.3) is 0 Å². The van der Waals surface area contributed by atoms with Crippen LogP contribution >= 0.6 is 15.9 Å². The SMILES string of the molecule is CC(NC(C)c1nccn1C)c1ccccc1Br. The van der Waals surface area contributed by atoms with Crippen molar-refractivity contribution in [3.63, 3.8) is 0 Å². The molecule has 2 unspecified atom stereocenters. The van der Waals surface area contributed by atoms with Crippen LogP contribution < -0.4 is 5.32 Å². The van der Waals surface area contributed by atoms with Crippen molar-refractivity contribution in [2.24, 2.45) is 7.05 Å². The van der Waals surface area contributed by atoms with E-state index < -0.39 is 0 Å². The molecule has 2 rings (SSSR count). The molecule has 0 aliphatic rings. The number of rotatable bonds is 4. The second kappa shape index (κ2) is 5.67. The fourth-order valence-corrected chi connectivity index (χ4v) is 2.79. The standard InChI is InChI=1S/C14H18BrN3/c1-10(12-6-4-5-7-13(12)15)17-11(2)14-16-8-9-18(14)3/h4-11,17H,1-3H3. The maximum absolute atomic E-state index is 4.37. The average Bonchev–Trinajstić information content (AvgIpc) is 2.76. The predicted molar refractivity (Wildman–Crippen MR) is 77.3 cm³/mol. The normalized spacial score (nSPS) is 14.4. The minimum Gasteiger partial charge on any atom is -0.337 e. The maximum Gasteiger partial charge on any atom is 0.125 e. The second-order valence-electron chi connectivity index (χ2n) is 4.53. The highest BCUT2D eigenvalue weighted by atomic mass is 79.9. The molecule has 4 heteroatoms. The Morgan fingerprint density at radius 3 is 2.56 bits per heavy atom. The van der Waals surface area contributed by atoms with Gasteiger partial charge < -0.3 is 9.88 Å². The summed E-state index contributed by atoms with van der Waals surface area (Å²) in [6, 6.07) is 8.78. The Kier molecular flexibility index (Phi) is 4.19. The summed E-state index contributed by atoms with van der Waals surface area (Å²) in [6.07, 6.45) is 3.80. The van der Waals surface area contributed by atoms with Crippen LogP contribution in [0.4, 0.5) is 0 Å². The van der Waals surface area contributed by atoms with Gasteiger partial charge in [0.15, 0.2) is 0 Å². The first-order valence-electron chi connectivity index (χ1n) is 6.07. The summed E-state index contributed by atoms with van der Waals surface area (Å²) in [7, 11) is 2.02. The van der Waals surface area contributed by atoms with Crippen LogP contribution in [-0.4, -0.2) is 9.55 Å². The van der Waals surface area contributed by atoms with Gasteiger partial charge in [-0.2, -0.15) is 0 Å². The minimum absolute atomic E-state index is 0.215. The topological polar surface area (TPSA) is 29.9 Å². The van der Waals surface area contributed by atoms with Gasteiger partial charge in [-0.05, 0) is 25.5 Å². The van der Waals surface area contributed by atoms with E-state index in [-0.39, 0.29) is 12.1 Å². The molecule has 0 saturated heterocycles. The van der Waals surface area contributed by atoms with E-state index in [4.69, 9.17) is 0 Å². The number of benzene rings is 1. The zero-order chi connectivity index (χ0) is 13.1. The highest BCUT2D eigenvalue weighted by Gasteiger charge is 2.15. The molecule has 1 aromatic heterocycles. The monoisotopic (exact) mass is 307 g/mol. The second-order valence-corrected chi connectivity index (χ2v) is 5.38. The molecule has 0 bridgehead atoms. The zero-order valence-electron chi connectivity index (χ0n) is 10.9. The summed E-state index contributed by atoms with van der Waals surface area (Å²) < 4.78 is 3.18. The van der Waals surface area contributed by atoms with Crippen molar-refractivity contribution in [3.05, 3.63) is 52.5 Å². The average molecular weight is 308 g/mol. The molecule has 3 nitrogen and oxygen atoms in total. The quantitative estimate of drug-likeness (QED) is 0.935. The Hall–Kier alpha value is -1.13. The Bertz CT molecular complexity index is 521. The number of hydrogen-bond acceptors (Lipinski definition) is 2. The van der Waals surface area contributed by atoms with E-state index in [1.807, 2.05) is 30.1 Å². The van der Waals surface area contributed by atoms with Gasteiger partial charge in [0.1, 0.15) is 5.82 Å². The van der Waals surface area contributed by atoms with Crippen molar-refractivity contribution >= 4 is 15.9 Å². The molecule has 0 aliphatic carbocycles. The van der Waals surface area contributed by atoms with E-state index in [0.717, 1.165) is 10.3 Å². The summed E-state index contributed by atoms with van der Waals surface area (Å²) in [5.74, 6) is 1.05. The zero-order valence-corrected chi connectivity index (χ0v) is 12.5. The number of hydrogen-bond donors (Lipinski definition) is 1. The van der Waals surface area contributed by atoms with Crippen LogP contribution in [0.1, 0.15) is 37.3 Å². The van der Waals surface area contributed by atoms with E-state index in [0.29, 0.717) is 0 Å². The lowest BCUT2D eigenvalue weighted by molar-refractivity contribution is 0.466. The summed E-state index contributed by atoms with van der Waals surface area (Å²) in [5, 5.41) is 3.57. The third-order valence-corrected chi connectivity index (χ3v) is 3.84. The van der Waals surface area contributed by atoms with Crippen molar-refractivity contribution in [3.8, 4) is 0 Å². The molecule has 0 saturated carbocycles. The molecule has 2 aromatic rings. The molecule has 96 valence electrons. The van der Waals surface area contributed by atoms with Crippen LogP contribution in [0.15, 0.2) is 41.1 Å². The van der Waals surface area contributed by atoms with E-state index in [9.17, 15) is 0 Å².